The molecule has 0 rings (SSSR count). The molecule has 0 saturated carbocycles. The topological polar surface area (TPSA) is 69.8 Å². The van der Waals surface area contributed by atoms with Gasteiger partial charge in [0, 0.05) is 0 Å². The third-order valence-electron chi connectivity index (χ3n) is 4.44. The molecule has 0 aromatic rings. The zero-order valence-corrected chi connectivity index (χ0v) is 14.4. The van der Waals surface area contributed by atoms with Gasteiger partial charge in [-0.1, -0.05) is 27.7 Å². The van der Waals surface area contributed by atoms with Crippen LogP contribution >= 0.6 is 0 Å². The first kappa shape index (κ1) is 20.3. The van der Waals surface area contributed by atoms with Crippen molar-refractivity contribution in [2.45, 2.75) is 58.9 Å². The summed E-state index contributed by atoms with van der Waals surface area (Å²) < 4.78 is 0. The van der Waals surface area contributed by atoms with Crippen molar-refractivity contribution in [3.05, 3.63) is 0 Å². The van der Waals surface area contributed by atoms with Crippen molar-refractivity contribution < 1.29 is 9.90 Å². The molecule has 5 heteroatoms. The summed E-state index contributed by atoms with van der Waals surface area (Å²) in [6.07, 6.45) is 3.04. The smallest absolute Gasteiger partial charge is 0.323 e. The van der Waals surface area contributed by atoms with Crippen LogP contribution in [0, 0.1) is 0 Å². The van der Waals surface area contributed by atoms with Crippen molar-refractivity contribution in [3.8, 4) is 0 Å². The number of nitrogens with zero attached hydrogens (tertiary/aromatic N) is 2. The lowest BCUT2D eigenvalue weighted by Gasteiger charge is -2.26. The van der Waals surface area contributed by atoms with Crippen molar-refractivity contribution in [2.75, 3.05) is 39.3 Å². The number of carboxylic acids is 1. The molecule has 0 heterocycles. The van der Waals surface area contributed by atoms with Crippen molar-refractivity contribution in [2.24, 2.45) is 5.73 Å². The van der Waals surface area contributed by atoms with Crippen LogP contribution in [0.15, 0.2) is 0 Å². The first-order valence-corrected chi connectivity index (χ1v) is 8.40. The molecule has 126 valence electrons. The average molecular weight is 301 g/mol. The normalized spacial score (nSPS) is 14.6. The van der Waals surface area contributed by atoms with Gasteiger partial charge in [0.2, 0.25) is 0 Å². The molecule has 1 atom stereocenters. The number of hydrogen-bond donors (Lipinski definition) is 2. The number of nitrogens with two attached hydrogens (primary N) is 1. The number of carboxylic acid groups (broad SMARTS) is 1. The number of aliphatic carboxylic acids is 1. The van der Waals surface area contributed by atoms with Gasteiger partial charge in [0.1, 0.15) is 5.54 Å². The second-order valence-corrected chi connectivity index (χ2v) is 5.73. The highest BCUT2D eigenvalue weighted by Crippen LogP contribution is 2.15. The van der Waals surface area contributed by atoms with Crippen LogP contribution in [-0.2, 0) is 4.79 Å². The van der Waals surface area contributed by atoms with Gasteiger partial charge in [-0.3, -0.25) is 4.79 Å². The molecular weight excluding hydrogens is 266 g/mol. The zero-order valence-electron chi connectivity index (χ0n) is 14.4. The fourth-order valence-corrected chi connectivity index (χ4v) is 2.54. The highest BCUT2D eigenvalue weighted by molar-refractivity contribution is 5.78. The summed E-state index contributed by atoms with van der Waals surface area (Å²) in [6, 6.07) is 0. The van der Waals surface area contributed by atoms with Crippen LogP contribution in [0.5, 0.6) is 0 Å². The van der Waals surface area contributed by atoms with Gasteiger partial charge in [0.25, 0.3) is 0 Å². The van der Waals surface area contributed by atoms with Crippen LogP contribution in [0.25, 0.3) is 0 Å². The molecule has 21 heavy (non-hydrogen) atoms. The van der Waals surface area contributed by atoms with E-state index in [4.69, 9.17) is 10.8 Å². The minimum atomic E-state index is -1.05. The lowest BCUT2D eigenvalue weighted by molar-refractivity contribution is -0.143. The number of carbonyl (C=O) groups is 1. The average Bonchev–Trinajstić information content (AvgIpc) is 2.49. The van der Waals surface area contributed by atoms with E-state index in [0.29, 0.717) is 12.8 Å². The molecular formula is C16H35N3O2. The molecule has 0 saturated heterocycles. The molecule has 0 radical (unpaired) electrons. The van der Waals surface area contributed by atoms with Crippen LogP contribution in [0.3, 0.4) is 0 Å². The number of rotatable bonds is 13. The van der Waals surface area contributed by atoms with Gasteiger partial charge in [0.15, 0.2) is 0 Å². The Labute approximate surface area is 130 Å². The highest BCUT2D eigenvalue weighted by Gasteiger charge is 2.31. The van der Waals surface area contributed by atoms with E-state index in [-0.39, 0.29) is 0 Å². The van der Waals surface area contributed by atoms with E-state index in [2.05, 4.69) is 30.6 Å². The van der Waals surface area contributed by atoms with E-state index >= 15 is 0 Å². The maximum absolute atomic E-state index is 11.2. The molecule has 0 aromatic carbocycles. The van der Waals surface area contributed by atoms with Gasteiger partial charge in [-0.2, -0.15) is 0 Å². The third kappa shape index (κ3) is 7.79. The van der Waals surface area contributed by atoms with Gasteiger partial charge in [0.05, 0.1) is 0 Å². The van der Waals surface area contributed by atoms with E-state index in [1.807, 2.05) is 6.92 Å². The Morgan fingerprint density at radius 2 is 1.43 bits per heavy atom. The lowest BCUT2D eigenvalue weighted by atomic mass is 9.92. The van der Waals surface area contributed by atoms with Gasteiger partial charge < -0.3 is 20.6 Å². The van der Waals surface area contributed by atoms with Gasteiger partial charge >= 0.3 is 5.97 Å². The van der Waals surface area contributed by atoms with E-state index < -0.39 is 11.5 Å². The monoisotopic (exact) mass is 301 g/mol. The van der Waals surface area contributed by atoms with Crippen LogP contribution in [0.2, 0.25) is 0 Å². The molecule has 0 aliphatic heterocycles. The SMILES string of the molecule is CCN(CC)CCCN(CC)CCCC(N)(CC)C(=O)O. The van der Waals surface area contributed by atoms with E-state index in [1.165, 1.54) is 0 Å². The van der Waals surface area contributed by atoms with Crippen molar-refractivity contribution in [1.29, 1.82) is 0 Å². The molecule has 3 N–H and O–H groups in total. The second-order valence-electron chi connectivity index (χ2n) is 5.73. The first-order chi connectivity index (χ1) is 9.93. The standard InChI is InChI=1S/C16H35N3O2/c1-5-16(17,15(20)21)11-9-12-19(8-4)14-10-13-18(6-2)7-3/h5-14,17H2,1-4H3,(H,20,21). The van der Waals surface area contributed by atoms with Crippen LogP contribution < -0.4 is 5.73 Å². The predicted octanol–water partition coefficient (Wildman–Crippen LogP) is 2.01. The Kier molecular flexibility index (Phi) is 10.6. The molecule has 0 spiro atoms. The molecule has 0 aromatic heterocycles. The number of hydrogen-bond acceptors (Lipinski definition) is 4. The molecule has 5 nitrogen and oxygen atoms in total. The lowest BCUT2D eigenvalue weighted by Crippen LogP contribution is -2.47. The quantitative estimate of drug-likeness (QED) is 0.544. The third-order valence-corrected chi connectivity index (χ3v) is 4.44. The van der Waals surface area contributed by atoms with E-state index in [0.717, 1.165) is 52.1 Å². The highest BCUT2D eigenvalue weighted by atomic mass is 16.4. The Hall–Kier alpha value is -0.650. The summed E-state index contributed by atoms with van der Waals surface area (Å²) in [7, 11) is 0. The van der Waals surface area contributed by atoms with E-state index in [1.54, 1.807) is 0 Å². The summed E-state index contributed by atoms with van der Waals surface area (Å²) >= 11 is 0. The minimum Gasteiger partial charge on any atom is -0.480 e. The van der Waals surface area contributed by atoms with Crippen molar-refractivity contribution in [1.82, 2.24) is 9.80 Å². The largest absolute Gasteiger partial charge is 0.480 e. The second kappa shape index (κ2) is 11.0. The van der Waals surface area contributed by atoms with Crippen LogP contribution in [-0.4, -0.2) is 65.7 Å². The molecule has 0 aliphatic rings. The van der Waals surface area contributed by atoms with Gasteiger partial charge in [-0.25, -0.2) is 0 Å². The Balaban J connectivity index is 4.02. The Bertz CT molecular complexity index is 283. The summed E-state index contributed by atoms with van der Waals surface area (Å²) in [6.45, 7) is 14.7. The summed E-state index contributed by atoms with van der Waals surface area (Å²) in [5.74, 6) is -0.880. The van der Waals surface area contributed by atoms with Crippen LogP contribution in [0.4, 0.5) is 0 Å². The Morgan fingerprint density at radius 3 is 1.86 bits per heavy atom. The summed E-state index contributed by atoms with van der Waals surface area (Å²) in [5.41, 5.74) is 4.86. The zero-order chi connectivity index (χ0) is 16.3. The molecule has 0 amide bonds. The van der Waals surface area contributed by atoms with Gasteiger partial charge in [-0.05, 0) is 65.0 Å². The summed E-state index contributed by atoms with van der Waals surface area (Å²) in [5, 5.41) is 9.17. The fourth-order valence-electron chi connectivity index (χ4n) is 2.54. The predicted molar refractivity (Wildman–Crippen MR) is 88.6 cm³/mol. The first-order valence-electron chi connectivity index (χ1n) is 8.40. The molecule has 1 unspecified atom stereocenters. The van der Waals surface area contributed by atoms with Gasteiger partial charge in [-0.15, -0.1) is 0 Å². The van der Waals surface area contributed by atoms with E-state index in [9.17, 15) is 4.79 Å². The maximum atomic E-state index is 11.2. The maximum Gasteiger partial charge on any atom is 0.323 e. The molecule has 0 fully saturated rings. The van der Waals surface area contributed by atoms with Crippen molar-refractivity contribution in [3.63, 3.8) is 0 Å². The molecule has 0 aliphatic carbocycles. The Morgan fingerprint density at radius 1 is 0.952 bits per heavy atom. The van der Waals surface area contributed by atoms with Crippen LogP contribution in [0.1, 0.15) is 53.4 Å². The van der Waals surface area contributed by atoms with Crippen molar-refractivity contribution >= 4 is 5.97 Å². The fraction of sp³-hybridized carbons (Fsp3) is 0.938. The minimum absolute atomic E-state index is 0.483. The molecule has 0 bridgehead atoms. The summed E-state index contributed by atoms with van der Waals surface area (Å²) in [4.78, 5) is 16.0.